The van der Waals surface area contributed by atoms with E-state index in [2.05, 4.69) is 26.7 Å². The van der Waals surface area contributed by atoms with E-state index in [0.29, 0.717) is 28.3 Å². The highest BCUT2D eigenvalue weighted by atomic mass is 16.2. The van der Waals surface area contributed by atoms with Crippen molar-refractivity contribution in [1.29, 1.82) is 5.26 Å². The van der Waals surface area contributed by atoms with E-state index in [4.69, 9.17) is 5.73 Å². The Morgan fingerprint density at radius 2 is 1.77 bits per heavy atom. The van der Waals surface area contributed by atoms with Gasteiger partial charge in [0.25, 0.3) is 11.8 Å². The van der Waals surface area contributed by atoms with Gasteiger partial charge in [0.05, 0.1) is 17.2 Å². The Bertz CT molecular complexity index is 1480. The van der Waals surface area contributed by atoms with Crippen LogP contribution >= 0.6 is 0 Å². The van der Waals surface area contributed by atoms with Crippen molar-refractivity contribution in [3.63, 3.8) is 0 Å². The molecule has 0 spiro atoms. The summed E-state index contributed by atoms with van der Waals surface area (Å²) in [6.45, 7) is 7.49. The van der Waals surface area contributed by atoms with E-state index in [1.807, 2.05) is 44.2 Å². The molecule has 2 aromatic heterocycles. The molecule has 200 valence electrons. The van der Waals surface area contributed by atoms with Gasteiger partial charge in [-0.05, 0) is 86.4 Å². The van der Waals surface area contributed by atoms with Crippen LogP contribution in [0.3, 0.4) is 0 Å². The molecule has 2 heterocycles. The van der Waals surface area contributed by atoms with Crippen LogP contribution in [0.4, 0.5) is 0 Å². The molecule has 2 amide bonds. The molecule has 3 aromatic rings. The lowest BCUT2D eigenvalue weighted by Crippen LogP contribution is -2.25. The zero-order chi connectivity index (χ0) is 28.6. The number of hydrogen-bond acceptors (Lipinski definition) is 6. The number of nitrogens with zero attached hydrogens (tertiary/aromatic N) is 3. The van der Waals surface area contributed by atoms with E-state index in [-0.39, 0.29) is 11.8 Å². The topological polar surface area (TPSA) is 134 Å². The number of allylic oxidation sites excluding steroid dienone is 3. The minimum Gasteiger partial charge on any atom is -0.401 e. The van der Waals surface area contributed by atoms with Crippen LogP contribution in [0.2, 0.25) is 0 Å². The molecule has 0 saturated heterocycles. The zero-order valence-corrected chi connectivity index (χ0v) is 23.0. The number of carbonyl (C=O) groups is 2. The molecule has 8 nitrogen and oxygen atoms in total. The number of unbranched alkanes of at least 4 members (excludes halogenated alkanes) is 1. The molecule has 0 fully saturated rings. The van der Waals surface area contributed by atoms with Crippen molar-refractivity contribution in [2.75, 3.05) is 7.05 Å². The van der Waals surface area contributed by atoms with E-state index >= 15 is 0 Å². The predicted octanol–water partition coefficient (Wildman–Crippen LogP) is 5.28. The normalized spacial score (nSPS) is 12.0. The number of aryl methyl sites for hydroxylation is 1. The standard InChI is InChI=1S/C31H34N6O2/c1-6-7-8-24(18-28(33)31(3,4)19-32)37-29(38)23-10-9-20(2)25(15-23)21-11-13-35-26(16-21)22-12-14-36-27(17-22)30(39)34-5/h8-18H,6-7,33H2,1-5H3,(H,34,39)(H,37,38)/b24-8+,28-18-. The van der Waals surface area contributed by atoms with Crippen molar-refractivity contribution in [2.45, 2.75) is 40.5 Å². The number of nitriles is 1. The molecule has 0 unspecified atom stereocenters. The molecule has 8 heteroatoms. The molecule has 0 saturated carbocycles. The Morgan fingerprint density at radius 1 is 1.05 bits per heavy atom. The van der Waals surface area contributed by atoms with Gasteiger partial charge in [0.1, 0.15) is 5.69 Å². The largest absolute Gasteiger partial charge is 0.401 e. The molecule has 0 aliphatic rings. The number of nitrogens with two attached hydrogens (primary N) is 1. The van der Waals surface area contributed by atoms with Crippen molar-refractivity contribution in [2.24, 2.45) is 11.1 Å². The van der Waals surface area contributed by atoms with Gasteiger partial charge in [-0.2, -0.15) is 5.26 Å². The molecule has 3 rings (SSSR count). The van der Waals surface area contributed by atoms with E-state index in [0.717, 1.165) is 35.1 Å². The Balaban J connectivity index is 1.94. The minimum absolute atomic E-state index is 0.275. The summed E-state index contributed by atoms with van der Waals surface area (Å²) in [6, 6.07) is 15.0. The third-order valence-corrected chi connectivity index (χ3v) is 6.31. The summed E-state index contributed by atoms with van der Waals surface area (Å²) in [5.41, 5.74) is 11.2. The van der Waals surface area contributed by atoms with Crippen molar-refractivity contribution < 1.29 is 9.59 Å². The number of carbonyl (C=O) groups excluding carboxylic acids is 2. The number of benzene rings is 1. The summed E-state index contributed by atoms with van der Waals surface area (Å²) in [4.78, 5) is 33.9. The van der Waals surface area contributed by atoms with Gasteiger partial charge in [-0.15, -0.1) is 0 Å². The number of aromatic nitrogens is 2. The molecule has 39 heavy (non-hydrogen) atoms. The number of nitrogens with one attached hydrogen (secondary N) is 2. The van der Waals surface area contributed by atoms with Crippen LogP contribution in [0.1, 0.15) is 60.0 Å². The monoisotopic (exact) mass is 522 g/mol. The van der Waals surface area contributed by atoms with E-state index in [1.54, 1.807) is 57.6 Å². The average Bonchev–Trinajstić information content (AvgIpc) is 2.95. The lowest BCUT2D eigenvalue weighted by Gasteiger charge is -2.17. The maximum atomic E-state index is 13.3. The Kier molecular flexibility index (Phi) is 9.34. The van der Waals surface area contributed by atoms with Gasteiger partial charge in [-0.25, -0.2) is 0 Å². The molecule has 4 N–H and O–H groups in total. The summed E-state index contributed by atoms with van der Waals surface area (Å²) >= 11 is 0. The van der Waals surface area contributed by atoms with Crippen LogP contribution in [-0.4, -0.2) is 28.8 Å². The maximum Gasteiger partial charge on any atom is 0.269 e. The lowest BCUT2D eigenvalue weighted by atomic mass is 9.91. The quantitative estimate of drug-likeness (QED) is 0.327. The van der Waals surface area contributed by atoms with Crippen molar-refractivity contribution in [3.8, 4) is 28.5 Å². The first kappa shape index (κ1) is 28.8. The molecule has 0 aliphatic heterocycles. The average molecular weight is 523 g/mol. The molecule has 0 bridgehead atoms. The first-order valence-electron chi connectivity index (χ1n) is 12.8. The van der Waals surface area contributed by atoms with Crippen LogP contribution in [0.15, 0.2) is 78.4 Å². The SMILES string of the molecule is CCC/C=C(\C=C(/N)C(C)(C)C#N)NC(=O)c1ccc(C)c(-c2ccnc(-c3ccnc(C(=O)NC)c3)c2)c1. The van der Waals surface area contributed by atoms with Gasteiger partial charge in [-0.1, -0.05) is 25.5 Å². The van der Waals surface area contributed by atoms with Gasteiger partial charge in [0.2, 0.25) is 0 Å². The van der Waals surface area contributed by atoms with E-state index in [9.17, 15) is 14.9 Å². The van der Waals surface area contributed by atoms with Crippen molar-refractivity contribution in [1.82, 2.24) is 20.6 Å². The van der Waals surface area contributed by atoms with Crippen molar-refractivity contribution >= 4 is 11.8 Å². The van der Waals surface area contributed by atoms with Crippen LogP contribution in [0, 0.1) is 23.7 Å². The maximum absolute atomic E-state index is 13.3. The summed E-state index contributed by atoms with van der Waals surface area (Å²) in [6.07, 6.45) is 8.49. The number of pyridine rings is 2. The van der Waals surface area contributed by atoms with Gasteiger partial charge in [0.15, 0.2) is 0 Å². The second kappa shape index (κ2) is 12.7. The lowest BCUT2D eigenvalue weighted by molar-refractivity contribution is 0.0953. The molecule has 0 aliphatic carbocycles. The number of amides is 2. The highest BCUT2D eigenvalue weighted by molar-refractivity contribution is 5.97. The number of rotatable bonds is 9. The summed E-state index contributed by atoms with van der Waals surface area (Å²) in [5, 5.41) is 14.9. The molecule has 0 atom stereocenters. The van der Waals surface area contributed by atoms with Crippen LogP contribution in [0.25, 0.3) is 22.4 Å². The molecule has 1 aromatic carbocycles. The van der Waals surface area contributed by atoms with Crippen LogP contribution < -0.4 is 16.4 Å². The van der Waals surface area contributed by atoms with Gasteiger partial charge in [0, 0.05) is 42.0 Å². The minimum atomic E-state index is -0.859. The van der Waals surface area contributed by atoms with Gasteiger partial charge in [-0.3, -0.25) is 19.6 Å². The van der Waals surface area contributed by atoms with Crippen LogP contribution in [0.5, 0.6) is 0 Å². The Labute approximate surface area is 229 Å². The second-order valence-corrected chi connectivity index (χ2v) is 9.71. The molecular weight excluding hydrogens is 488 g/mol. The summed E-state index contributed by atoms with van der Waals surface area (Å²) in [7, 11) is 1.56. The fourth-order valence-electron chi connectivity index (χ4n) is 3.73. The summed E-state index contributed by atoms with van der Waals surface area (Å²) < 4.78 is 0. The smallest absolute Gasteiger partial charge is 0.269 e. The fraction of sp³-hybridized carbons (Fsp3) is 0.258. The third-order valence-electron chi connectivity index (χ3n) is 6.31. The molecule has 0 radical (unpaired) electrons. The van der Waals surface area contributed by atoms with Gasteiger partial charge >= 0.3 is 0 Å². The van der Waals surface area contributed by atoms with E-state index in [1.165, 1.54) is 0 Å². The predicted molar refractivity (Wildman–Crippen MR) is 153 cm³/mol. The first-order valence-corrected chi connectivity index (χ1v) is 12.8. The highest BCUT2D eigenvalue weighted by Crippen LogP contribution is 2.28. The highest BCUT2D eigenvalue weighted by Gasteiger charge is 2.21. The number of hydrogen-bond donors (Lipinski definition) is 3. The third kappa shape index (κ3) is 7.17. The van der Waals surface area contributed by atoms with Crippen molar-refractivity contribution in [3.05, 3.63) is 95.2 Å². The second-order valence-electron chi connectivity index (χ2n) is 9.71. The fourth-order valence-corrected chi connectivity index (χ4v) is 3.73. The Morgan fingerprint density at radius 3 is 2.46 bits per heavy atom. The van der Waals surface area contributed by atoms with Gasteiger partial charge < -0.3 is 16.4 Å². The van der Waals surface area contributed by atoms with Crippen LogP contribution in [-0.2, 0) is 0 Å². The molecular formula is C31H34N6O2. The summed E-state index contributed by atoms with van der Waals surface area (Å²) in [5.74, 6) is -0.557. The first-order chi connectivity index (χ1) is 18.6. The van der Waals surface area contributed by atoms with E-state index < -0.39 is 5.41 Å². The zero-order valence-electron chi connectivity index (χ0n) is 23.0. The Hall–Kier alpha value is -4.77.